The molecule has 0 aliphatic heterocycles. The maximum absolute atomic E-state index is 2.46. The van der Waals surface area contributed by atoms with Gasteiger partial charge in [-0.2, -0.15) is 0 Å². The van der Waals surface area contributed by atoms with Crippen LogP contribution in [0.2, 0.25) is 0 Å². The van der Waals surface area contributed by atoms with E-state index in [2.05, 4.69) is 302 Å². The van der Waals surface area contributed by atoms with Crippen molar-refractivity contribution in [3.05, 3.63) is 320 Å². The van der Waals surface area contributed by atoms with Gasteiger partial charge in [0, 0.05) is 16.9 Å². The molecule has 0 aromatic heterocycles. The van der Waals surface area contributed by atoms with Crippen LogP contribution in [0.25, 0.3) is 77.5 Å². The van der Waals surface area contributed by atoms with E-state index >= 15 is 0 Å². The highest BCUT2D eigenvalue weighted by Crippen LogP contribution is 2.59. The first-order valence-electron chi connectivity index (χ1n) is 24.9. The number of hydrogen-bond acceptors (Lipinski definition) is 1. The fourth-order valence-corrected chi connectivity index (χ4v) is 11.3. The monoisotopic (exact) mass is 915 g/mol. The largest absolute Gasteiger partial charge is 0.310 e. The van der Waals surface area contributed by atoms with Gasteiger partial charge in [-0.15, -0.1) is 0 Å². The third-order valence-corrected chi connectivity index (χ3v) is 14.8. The fraction of sp³-hybridized carbons (Fsp3) is 0.0141. The maximum Gasteiger partial charge on any atom is 0.0714 e. The molecule has 72 heavy (non-hydrogen) atoms. The lowest BCUT2D eigenvalue weighted by Gasteiger charge is -2.34. The number of benzene rings is 12. The number of rotatable bonds is 10. The lowest BCUT2D eigenvalue weighted by atomic mass is 9.68. The molecule has 338 valence electrons. The molecule has 0 N–H and O–H groups in total. The molecule has 0 spiro atoms. The van der Waals surface area contributed by atoms with Gasteiger partial charge in [-0.25, -0.2) is 0 Å². The average Bonchev–Trinajstić information content (AvgIpc) is 3.78. The summed E-state index contributed by atoms with van der Waals surface area (Å²) in [6, 6.07) is 109. The molecule has 12 aromatic rings. The Kier molecular flexibility index (Phi) is 10.8. The predicted octanol–water partition coefficient (Wildman–Crippen LogP) is 19.0. The van der Waals surface area contributed by atoms with Crippen molar-refractivity contribution in [1.82, 2.24) is 0 Å². The Bertz CT molecular complexity index is 3840. The van der Waals surface area contributed by atoms with Crippen LogP contribution < -0.4 is 4.90 Å². The quantitative estimate of drug-likeness (QED) is 0.132. The first-order chi connectivity index (χ1) is 35.7. The summed E-state index contributed by atoms with van der Waals surface area (Å²) >= 11 is 0. The van der Waals surface area contributed by atoms with Gasteiger partial charge >= 0.3 is 0 Å². The number of anilines is 3. The molecule has 1 heteroatoms. The second-order valence-corrected chi connectivity index (χ2v) is 18.8. The lowest BCUT2D eigenvalue weighted by Crippen LogP contribution is -2.28. The van der Waals surface area contributed by atoms with Crippen molar-refractivity contribution >= 4 is 27.8 Å². The highest BCUT2D eigenvalue weighted by Gasteiger charge is 2.47. The van der Waals surface area contributed by atoms with Crippen LogP contribution >= 0.6 is 0 Å². The zero-order valence-electron chi connectivity index (χ0n) is 39.7. The molecule has 0 saturated carbocycles. The summed E-state index contributed by atoms with van der Waals surface area (Å²) in [4.78, 5) is 2.46. The second-order valence-electron chi connectivity index (χ2n) is 18.8. The minimum Gasteiger partial charge on any atom is -0.310 e. The summed E-state index contributed by atoms with van der Waals surface area (Å²) in [5.41, 5.74) is 22.3. The third-order valence-electron chi connectivity index (χ3n) is 14.8. The van der Waals surface area contributed by atoms with E-state index in [0.717, 1.165) is 17.1 Å². The average molecular weight is 916 g/mol. The van der Waals surface area contributed by atoms with Gasteiger partial charge in [0.2, 0.25) is 0 Å². The second kappa shape index (κ2) is 18.2. The Morgan fingerprint density at radius 3 is 1.18 bits per heavy atom. The van der Waals surface area contributed by atoms with Gasteiger partial charge in [0.15, 0.2) is 0 Å². The Morgan fingerprint density at radius 1 is 0.236 bits per heavy atom. The molecule has 1 nitrogen and oxygen atoms in total. The van der Waals surface area contributed by atoms with Crippen LogP contribution in [0.4, 0.5) is 17.1 Å². The van der Waals surface area contributed by atoms with E-state index in [1.54, 1.807) is 0 Å². The zero-order valence-corrected chi connectivity index (χ0v) is 39.7. The Balaban J connectivity index is 0.904. The van der Waals surface area contributed by atoms with Crippen molar-refractivity contribution in [1.29, 1.82) is 0 Å². The standard InChI is InChI=1S/C71H49N/c1-4-17-50(18-5-1)57-21-14-22-58(47-57)55-41-45-65(46-42-55)72(69-32-16-31-68-70(69)66-29-12-13-30-67(66)71(68,62-25-6-2-7-26-62)63-27-8-3-9-28-63)64-43-39-53(40-44-64)52-33-35-54(36-34-52)59-23-15-24-60(48-59)61-38-37-51-19-10-11-20-56(51)49-61/h1-49H. The number of fused-ring (bicyclic) bond motifs is 4. The maximum atomic E-state index is 2.46. The molecule has 13 rings (SSSR count). The highest BCUT2D eigenvalue weighted by atomic mass is 15.1. The summed E-state index contributed by atoms with van der Waals surface area (Å²) in [5, 5.41) is 2.51. The van der Waals surface area contributed by atoms with E-state index in [0.29, 0.717) is 0 Å². The lowest BCUT2D eigenvalue weighted by molar-refractivity contribution is 0.768. The molecule has 0 saturated heterocycles. The Labute approximate surface area is 422 Å². The van der Waals surface area contributed by atoms with Crippen molar-refractivity contribution in [2.75, 3.05) is 4.90 Å². The van der Waals surface area contributed by atoms with Crippen LogP contribution in [-0.2, 0) is 5.41 Å². The topological polar surface area (TPSA) is 3.24 Å². The molecule has 12 aromatic carbocycles. The zero-order chi connectivity index (χ0) is 47.8. The normalized spacial score (nSPS) is 12.3. The van der Waals surface area contributed by atoms with Gasteiger partial charge in [0.1, 0.15) is 0 Å². The molecule has 1 aliphatic rings. The van der Waals surface area contributed by atoms with Gasteiger partial charge in [0.25, 0.3) is 0 Å². The van der Waals surface area contributed by atoms with Crippen molar-refractivity contribution in [3.8, 4) is 66.8 Å². The molecular weight excluding hydrogens is 867 g/mol. The van der Waals surface area contributed by atoms with Crippen LogP contribution in [0, 0.1) is 0 Å². The number of nitrogens with zero attached hydrogens (tertiary/aromatic N) is 1. The van der Waals surface area contributed by atoms with Crippen molar-refractivity contribution in [2.45, 2.75) is 5.41 Å². The minimum atomic E-state index is -0.516. The molecule has 0 atom stereocenters. The molecule has 0 bridgehead atoms. The van der Waals surface area contributed by atoms with Crippen LogP contribution in [-0.4, -0.2) is 0 Å². The van der Waals surface area contributed by atoms with Crippen LogP contribution in [0.3, 0.4) is 0 Å². The SMILES string of the molecule is c1ccc(-c2cccc(-c3ccc(N(c4ccc(-c5ccc(-c6cccc(-c7ccc8ccccc8c7)c6)cc5)cc4)c4cccc5c4-c4ccccc4C5(c4ccccc4)c4ccccc4)cc3)c2)cc1. The van der Waals surface area contributed by atoms with Gasteiger partial charge in [-0.05, 0) is 143 Å². The molecule has 0 amide bonds. The predicted molar refractivity (Wildman–Crippen MR) is 303 cm³/mol. The molecule has 0 unspecified atom stereocenters. The van der Waals surface area contributed by atoms with E-state index < -0.39 is 5.41 Å². The van der Waals surface area contributed by atoms with Crippen molar-refractivity contribution in [2.24, 2.45) is 0 Å². The molecular formula is C71H49N. The molecule has 0 radical (unpaired) electrons. The number of hydrogen-bond donors (Lipinski definition) is 0. The third kappa shape index (κ3) is 7.51. The first-order valence-corrected chi connectivity index (χ1v) is 24.9. The molecule has 1 aliphatic carbocycles. The summed E-state index contributed by atoms with van der Waals surface area (Å²) in [7, 11) is 0. The highest BCUT2D eigenvalue weighted by molar-refractivity contribution is 5.98. The molecule has 0 heterocycles. The fourth-order valence-electron chi connectivity index (χ4n) is 11.3. The van der Waals surface area contributed by atoms with Gasteiger partial charge in [-0.3, -0.25) is 0 Å². The van der Waals surface area contributed by atoms with Gasteiger partial charge in [0.05, 0.1) is 11.1 Å². The summed E-state index contributed by atoms with van der Waals surface area (Å²) in [5.74, 6) is 0. The van der Waals surface area contributed by atoms with E-state index in [4.69, 9.17) is 0 Å². The van der Waals surface area contributed by atoms with E-state index in [-0.39, 0.29) is 0 Å². The minimum absolute atomic E-state index is 0.516. The van der Waals surface area contributed by atoms with E-state index in [9.17, 15) is 0 Å². The Morgan fingerprint density at radius 2 is 0.611 bits per heavy atom. The van der Waals surface area contributed by atoms with Crippen LogP contribution in [0.5, 0.6) is 0 Å². The summed E-state index contributed by atoms with van der Waals surface area (Å²) in [6.45, 7) is 0. The Hall–Kier alpha value is -9.30. The van der Waals surface area contributed by atoms with E-state index in [1.165, 1.54) is 99.8 Å². The summed E-state index contributed by atoms with van der Waals surface area (Å²) < 4.78 is 0. The van der Waals surface area contributed by atoms with E-state index in [1.807, 2.05) is 0 Å². The van der Waals surface area contributed by atoms with Crippen LogP contribution in [0.15, 0.2) is 297 Å². The van der Waals surface area contributed by atoms with Gasteiger partial charge < -0.3 is 4.90 Å². The van der Waals surface area contributed by atoms with Crippen molar-refractivity contribution in [3.63, 3.8) is 0 Å². The van der Waals surface area contributed by atoms with Crippen LogP contribution in [0.1, 0.15) is 22.3 Å². The van der Waals surface area contributed by atoms with Gasteiger partial charge in [-0.1, -0.05) is 249 Å². The first kappa shape index (κ1) is 42.8. The van der Waals surface area contributed by atoms with Crippen molar-refractivity contribution < 1.29 is 0 Å². The smallest absolute Gasteiger partial charge is 0.0714 e. The summed E-state index contributed by atoms with van der Waals surface area (Å²) in [6.07, 6.45) is 0. The molecule has 0 fully saturated rings.